The van der Waals surface area contributed by atoms with Gasteiger partial charge in [0.25, 0.3) is 0 Å². The molecular weight excluding hydrogens is 309 g/mol. The highest BCUT2D eigenvalue weighted by atomic mass is 19.1. The van der Waals surface area contributed by atoms with Crippen LogP contribution >= 0.6 is 0 Å². The lowest BCUT2D eigenvalue weighted by Gasteiger charge is -2.16. The molecule has 0 radical (unpaired) electrons. The van der Waals surface area contributed by atoms with Crippen molar-refractivity contribution in [2.24, 2.45) is 4.99 Å². The topological polar surface area (TPSA) is 63.5 Å². The van der Waals surface area contributed by atoms with E-state index in [0.717, 1.165) is 23.8 Å². The molecule has 0 saturated heterocycles. The van der Waals surface area contributed by atoms with E-state index < -0.39 is 0 Å². The van der Waals surface area contributed by atoms with Crippen LogP contribution in [-0.4, -0.2) is 49.1 Å². The molecule has 0 spiro atoms. The second-order valence-electron chi connectivity index (χ2n) is 5.48. The molecule has 7 heteroatoms. The molecule has 0 aliphatic carbocycles. The van der Waals surface area contributed by atoms with E-state index >= 15 is 0 Å². The molecule has 1 aromatic heterocycles. The fourth-order valence-corrected chi connectivity index (χ4v) is 2.26. The summed E-state index contributed by atoms with van der Waals surface area (Å²) in [6.07, 6.45) is 2.63. The molecule has 6 nitrogen and oxygen atoms in total. The minimum absolute atomic E-state index is 0.180. The summed E-state index contributed by atoms with van der Waals surface area (Å²) >= 11 is 0. The molecule has 1 atom stereocenters. The first-order valence-electron chi connectivity index (χ1n) is 7.89. The van der Waals surface area contributed by atoms with Crippen LogP contribution in [0.2, 0.25) is 0 Å². The van der Waals surface area contributed by atoms with Crippen molar-refractivity contribution in [1.29, 1.82) is 0 Å². The number of ether oxygens (including phenoxy) is 1. The number of aliphatic imine (C=N–C) groups is 1. The minimum atomic E-state index is -0.253. The Morgan fingerprint density at radius 2 is 2.08 bits per heavy atom. The van der Waals surface area contributed by atoms with Crippen LogP contribution in [0.4, 0.5) is 4.39 Å². The van der Waals surface area contributed by atoms with Crippen LogP contribution < -0.4 is 10.6 Å². The number of halogens is 1. The lowest BCUT2D eigenvalue weighted by molar-refractivity contribution is 0.179. The van der Waals surface area contributed by atoms with Crippen molar-refractivity contribution < 1.29 is 9.13 Å². The van der Waals surface area contributed by atoms with Gasteiger partial charge in [0.15, 0.2) is 5.96 Å². The fraction of sp³-hybridized carbons (Fsp3) is 0.412. The molecule has 24 heavy (non-hydrogen) atoms. The Morgan fingerprint density at radius 3 is 2.75 bits per heavy atom. The lowest BCUT2D eigenvalue weighted by atomic mass is 10.3. The third-order valence-corrected chi connectivity index (χ3v) is 3.43. The quantitative estimate of drug-likeness (QED) is 0.599. The van der Waals surface area contributed by atoms with Crippen molar-refractivity contribution in [2.45, 2.75) is 19.4 Å². The van der Waals surface area contributed by atoms with Crippen molar-refractivity contribution in [2.75, 3.05) is 27.3 Å². The Labute approximate surface area is 141 Å². The largest absolute Gasteiger partial charge is 0.383 e. The number of hydrogen-bond acceptors (Lipinski definition) is 3. The van der Waals surface area contributed by atoms with Gasteiger partial charge in [0.1, 0.15) is 5.82 Å². The van der Waals surface area contributed by atoms with Crippen molar-refractivity contribution in [3.8, 4) is 5.69 Å². The summed E-state index contributed by atoms with van der Waals surface area (Å²) < 4.78 is 19.8. The second kappa shape index (κ2) is 9.02. The van der Waals surface area contributed by atoms with Gasteiger partial charge in [-0.15, -0.1) is 0 Å². The van der Waals surface area contributed by atoms with E-state index in [0.29, 0.717) is 13.2 Å². The number of nitrogens with zero attached hydrogens (tertiary/aromatic N) is 3. The highest BCUT2D eigenvalue weighted by molar-refractivity contribution is 5.79. The molecule has 0 saturated carbocycles. The molecular formula is C17H24FN5O. The average Bonchev–Trinajstić information content (AvgIpc) is 3.03. The summed E-state index contributed by atoms with van der Waals surface area (Å²) in [5, 5.41) is 11.0. The maximum Gasteiger partial charge on any atom is 0.191 e. The lowest BCUT2D eigenvalue weighted by Crippen LogP contribution is -2.44. The Hall–Kier alpha value is -2.41. The summed E-state index contributed by atoms with van der Waals surface area (Å²) in [4.78, 5) is 4.18. The standard InChI is InChI=1S/C17H24FN5O/c1-13(12-24-3)21-17(19-2)20-10-8-15-9-11-23(22-15)16-6-4-14(18)5-7-16/h4-7,9,11,13H,8,10,12H2,1-3H3,(H2,19,20,21). The monoisotopic (exact) mass is 333 g/mol. The number of benzene rings is 1. The van der Waals surface area contributed by atoms with Crippen LogP contribution in [0.1, 0.15) is 12.6 Å². The molecule has 1 heterocycles. The van der Waals surface area contributed by atoms with Gasteiger partial charge in [0.2, 0.25) is 0 Å². The van der Waals surface area contributed by atoms with E-state index in [2.05, 4.69) is 20.7 Å². The van der Waals surface area contributed by atoms with Crippen molar-refractivity contribution in [3.63, 3.8) is 0 Å². The Kier molecular flexibility index (Phi) is 6.74. The van der Waals surface area contributed by atoms with Gasteiger partial charge in [0.05, 0.1) is 18.0 Å². The molecule has 0 aliphatic rings. The Morgan fingerprint density at radius 1 is 1.33 bits per heavy atom. The molecule has 0 aliphatic heterocycles. The van der Waals surface area contributed by atoms with E-state index in [1.165, 1.54) is 12.1 Å². The van der Waals surface area contributed by atoms with Crippen LogP contribution in [0.15, 0.2) is 41.5 Å². The zero-order valence-corrected chi connectivity index (χ0v) is 14.3. The first-order valence-corrected chi connectivity index (χ1v) is 7.89. The van der Waals surface area contributed by atoms with Crippen LogP contribution in [0.25, 0.3) is 5.69 Å². The summed E-state index contributed by atoms with van der Waals surface area (Å²) in [7, 11) is 3.41. The van der Waals surface area contributed by atoms with E-state index in [1.54, 1.807) is 31.0 Å². The van der Waals surface area contributed by atoms with Gasteiger partial charge < -0.3 is 15.4 Å². The van der Waals surface area contributed by atoms with Crippen LogP contribution in [-0.2, 0) is 11.2 Å². The molecule has 1 aromatic carbocycles. The highest BCUT2D eigenvalue weighted by Crippen LogP contribution is 2.09. The first-order chi connectivity index (χ1) is 11.6. The molecule has 2 N–H and O–H groups in total. The van der Waals surface area contributed by atoms with Crippen molar-refractivity contribution >= 4 is 5.96 Å². The van der Waals surface area contributed by atoms with E-state index in [4.69, 9.17) is 4.74 Å². The van der Waals surface area contributed by atoms with Crippen molar-refractivity contribution in [1.82, 2.24) is 20.4 Å². The molecule has 1 unspecified atom stereocenters. The molecule has 2 aromatic rings. The molecule has 0 amide bonds. The Balaban J connectivity index is 1.83. The van der Waals surface area contributed by atoms with Crippen LogP contribution in [0.3, 0.4) is 0 Å². The molecule has 130 valence electrons. The van der Waals surface area contributed by atoms with Gasteiger partial charge >= 0.3 is 0 Å². The van der Waals surface area contributed by atoms with Gasteiger partial charge in [-0.05, 0) is 37.3 Å². The number of hydrogen-bond donors (Lipinski definition) is 2. The maximum absolute atomic E-state index is 13.0. The average molecular weight is 333 g/mol. The zero-order valence-electron chi connectivity index (χ0n) is 14.3. The zero-order chi connectivity index (χ0) is 17.4. The minimum Gasteiger partial charge on any atom is -0.383 e. The summed E-state index contributed by atoms with van der Waals surface area (Å²) in [6.45, 7) is 3.35. The van der Waals surface area contributed by atoms with Gasteiger partial charge in [-0.3, -0.25) is 4.99 Å². The Bertz CT molecular complexity index is 653. The summed E-state index contributed by atoms with van der Waals surface area (Å²) in [5.74, 6) is 0.481. The number of methoxy groups -OCH3 is 1. The normalized spacial score (nSPS) is 12.9. The second-order valence-corrected chi connectivity index (χ2v) is 5.48. The predicted octanol–water partition coefficient (Wildman–Crippen LogP) is 1.75. The SMILES string of the molecule is CN=C(NCCc1ccn(-c2ccc(F)cc2)n1)NC(C)COC. The van der Waals surface area contributed by atoms with E-state index in [-0.39, 0.29) is 11.9 Å². The van der Waals surface area contributed by atoms with Crippen molar-refractivity contribution in [3.05, 3.63) is 48.0 Å². The third-order valence-electron chi connectivity index (χ3n) is 3.43. The first kappa shape index (κ1) is 17.9. The van der Waals surface area contributed by atoms with E-state index in [9.17, 15) is 4.39 Å². The predicted molar refractivity (Wildman–Crippen MR) is 93.1 cm³/mol. The number of guanidine groups is 1. The molecule has 0 fully saturated rings. The number of rotatable bonds is 7. The van der Waals surface area contributed by atoms with E-state index in [1.807, 2.05) is 19.2 Å². The molecule has 2 rings (SSSR count). The molecule has 0 bridgehead atoms. The maximum atomic E-state index is 13.0. The summed E-state index contributed by atoms with van der Waals surface area (Å²) in [5.41, 5.74) is 1.79. The third kappa shape index (κ3) is 5.34. The fourth-order valence-electron chi connectivity index (χ4n) is 2.26. The summed E-state index contributed by atoms with van der Waals surface area (Å²) in [6, 6.07) is 8.39. The van der Waals surface area contributed by atoms with Crippen LogP contribution in [0, 0.1) is 5.82 Å². The van der Waals surface area contributed by atoms with Gasteiger partial charge in [-0.2, -0.15) is 5.10 Å². The number of nitrogens with one attached hydrogen (secondary N) is 2. The number of aromatic nitrogens is 2. The van der Waals surface area contributed by atoms with Crippen LogP contribution in [0.5, 0.6) is 0 Å². The smallest absolute Gasteiger partial charge is 0.191 e. The van der Waals surface area contributed by atoms with Gasteiger partial charge in [0, 0.05) is 39.4 Å². The van der Waals surface area contributed by atoms with Gasteiger partial charge in [-0.1, -0.05) is 0 Å². The van der Waals surface area contributed by atoms with Gasteiger partial charge in [-0.25, -0.2) is 9.07 Å². The highest BCUT2D eigenvalue weighted by Gasteiger charge is 2.05.